The van der Waals surface area contributed by atoms with Gasteiger partial charge in [0.2, 0.25) is 0 Å². The number of rotatable bonds is 3. The summed E-state index contributed by atoms with van der Waals surface area (Å²) in [5.41, 5.74) is 7.60. The van der Waals surface area contributed by atoms with Crippen LogP contribution in [0.25, 0.3) is 0 Å². The molecule has 0 saturated heterocycles. The van der Waals surface area contributed by atoms with Gasteiger partial charge in [0.1, 0.15) is 6.07 Å². The van der Waals surface area contributed by atoms with Crippen molar-refractivity contribution >= 4 is 11.5 Å². The second-order valence-corrected chi connectivity index (χ2v) is 3.63. The Balaban J connectivity index is 2.23. The van der Waals surface area contributed by atoms with Crippen molar-refractivity contribution in [1.82, 2.24) is 15.2 Å². The van der Waals surface area contributed by atoms with Crippen LogP contribution < -0.4 is 11.1 Å². The highest BCUT2D eigenvalue weighted by Crippen LogP contribution is 2.23. The summed E-state index contributed by atoms with van der Waals surface area (Å²) < 4.78 is 0. The van der Waals surface area contributed by atoms with Gasteiger partial charge in [-0.25, -0.2) is 4.98 Å². The highest BCUT2D eigenvalue weighted by molar-refractivity contribution is 5.69. The molecule has 2 aromatic heterocycles. The molecule has 2 rings (SSSR count). The summed E-state index contributed by atoms with van der Waals surface area (Å²) >= 11 is 0. The first-order valence-corrected chi connectivity index (χ1v) is 5.12. The summed E-state index contributed by atoms with van der Waals surface area (Å²) in [6, 6.07) is 3.62. The Morgan fingerprint density at radius 3 is 3.06 bits per heavy atom. The molecular weight excluding hydrogens is 216 g/mol. The van der Waals surface area contributed by atoms with Crippen molar-refractivity contribution in [1.29, 1.82) is 5.26 Å². The second kappa shape index (κ2) is 4.53. The van der Waals surface area contributed by atoms with Crippen LogP contribution in [0.1, 0.15) is 24.1 Å². The van der Waals surface area contributed by atoms with Gasteiger partial charge in [0.25, 0.3) is 0 Å². The van der Waals surface area contributed by atoms with Gasteiger partial charge in [0, 0.05) is 18.0 Å². The topological polar surface area (TPSA) is 103 Å². The lowest BCUT2D eigenvalue weighted by Crippen LogP contribution is -2.10. The van der Waals surface area contributed by atoms with E-state index in [4.69, 9.17) is 11.0 Å². The normalized spacial score (nSPS) is 11.8. The average molecular weight is 228 g/mol. The lowest BCUT2D eigenvalue weighted by Gasteiger charge is -2.14. The van der Waals surface area contributed by atoms with E-state index in [-0.39, 0.29) is 6.04 Å². The maximum atomic E-state index is 8.86. The monoisotopic (exact) mass is 228 g/mol. The number of pyridine rings is 1. The quantitative estimate of drug-likeness (QED) is 0.737. The highest BCUT2D eigenvalue weighted by atomic mass is 15.1. The van der Waals surface area contributed by atoms with Crippen LogP contribution in [0.4, 0.5) is 11.5 Å². The van der Waals surface area contributed by atoms with Crippen LogP contribution in [0.15, 0.2) is 24.7 Å². The van der Waals surface area contributed by atoms with Gasteiger partial charge in [0.15, 0.2) is 5.82 Å². The van der Waals surface area contributed by atoms with Crippen molar-refractivity contribution in [3.05, 3.63) is 35.8 Å². The number of nitrogens with two attached hydrogens (primary N) is 1. The van der Waals surface area contributed by atoms with Crippen molar-refractivity contribution in [2.24, 2.45) is 0 Å². The third-order valence-electron chi connectivity index (χ3n) is 2.48. The fourth-order valence-corrected chi connectivity index (χ4v) is 1.47. The smallest absolute Gasteiger partial charge is 0.151 e. The van der Waals surface area contributed by atoms with Crippen molar-refractivity contribution in [3.8, 4) is 6.07 Å². The Hall–Kier alpha value is -2.55. The molecule has 0 aliphatic carbocycles. The molecule has 0 saturated carbocycles. The lowest BCUT2D eigenvalue weighted by molar-refractivity contribution is 0.876. The van der Waals surface area contributed by atoms with Crippen LogP contribution in [0.3, 0.4) is 0 Å². The summed E-state index contributed by atoms with van der Waals surface area (Å²) in [7, 11) is 0. The van der Waals surface area contributed by atoms with Crippen molar-refractivity contribution in [2.45, 2.75) is 13.0 Å². The molecule has 0 bridgehead atoms. The molecule has 0 fully saturated rings. The summed E-state index contributed by atoms with van der Waals surface area (Å²) in [4.78, 5) is 4.12. The minimum Gasteiger partial charge on any atom is -0.395 e. The molecule has 4 N–H and O–H groups in total. The molecule has 0 aromatic carbocycles. The molecule has 86 valence electrons. The minimum atomic E-state index is 0.0116. The summed E-state index contributed by atoms with van der Waals surface area (Å²) in [5, 5.41) is 18.6. The molecule has 0 aliphatic heterocycles. The third-order valence-corrected chi connectivity index (χ3v) is 2.48. The van der Waals surface area contributed by atoms with Crippen molar-refractivity contribution in [3.63, 3.8) is 0 Å². The minimum absolute atomic E-state index is 0.0116. The highest BCUT2D eigenvalue weighted by Gasteiger charge is 2.11. The molecule has 17 heavy (non-hydrogen) atoms. The lowest BCUT2D eigenvalue weighted by atomic mass is 10.2. The number of H-pyrrole nitrogens is 1. The van der Waals surface area contributed by atoms with Gasteiger partial charge in [-0.05, 0) is 13.0 Å². The van der Waals surface area contributed by atoms with Gasteiger partial charge in [0.05, 0.1) is 23.5 Å². The van der Waals surface area contributed by atoms with Crippen LogP contribution in [0.5, 0.6) is 0 Å². The predicted octanol–water partition coefficient (Wildman–Crippen LogP) is 1.43. The van der Waals surface area contributed by atoms with Gasteiger partial charge in [-0.2, -0.15) is 10.4 Å². The zero-order valence-corrected chi connectivity index (χ0v) is 9.31. The largest absolute Gasteiger partial charge is 0.395 e. The molecule has 0 amide bonds. The van der Waals surface area contributed by atoms with E-state index >= 15 is 0 Å². The van der Waals surface area contributed by atoms with E-state index in [1.54, 1.807) is 24.7 Å². The first-order valence-electron chi connectivity index (χ1n) is 5.12. The number of nitrogens with one attached hydrogen (secondary N) is 2. The van der Waals surface area contributed by atoms with Crippen molar-refractivity contribution in [2.75, 3.05) is 11.1 Å². The summed E-state index contributed by atoms with van der Waals surface area (Å²) in [6.45, 7) is 1.96. The number of nitrogen functional groups attached to an aromatic ring is 1. The number of aromatic amines is 1. The number of aromatic nitrogens is 3. The van der Waals surface area contributed by atoms with Gasteiger partial charge >= 0.3 is 0 Å². The van der Waals surface area contributed by atoms with E-state index in [1.807, 2.05) is 13.0 Å². The maximum Gasteiger partial charge on any atom is 0.151 e. The van der Waals surface area contributed by atoms with Crippen LogP contribution in [-0.2, 0) is 0 Å². The molecule has 2 heterocycles. The summed E-state index contributed by atoms with van der Waals surface area (Å²) in [6.07, 6.45) is 5.07. The molecule has 6 heteroatoms. The molecule has 2 aromatic rings. The molecule has 1 atom stereocenters. The first kappa shape index (κ1) is 11.0. The number of nitrogens with zero attached hydrogens (tertiary/aromatic N) is 3. The Morgan fingerprint density at radius 2 is 2.41 bits per heavy atom. The van der Waals surface area contributed by atoms with Gasteiger partial charge < -0.3 is 11.1 Å². The second-order valence-electron chi connectivity index (χ2n) is 3.63. The zero-order valence-electron chi connectivity index (χ0n) is 9.31. The molecule has 0 spiro atoms. The Kier molecular flexibility index (Phi) is 2.92. The van der Waals surface area contributed by atoms with Gasteiger partial charge in [-0.15, -0.1) is 0 Å². The number of hydrogen-bond acceptors (Lipinski definition) is 5. The number of hydrogen-bond donors (Lipinski definition) is 3. The Morgan fingerprint density at radius 1 is 1.59 bits per heavy atom. The standard InChI is InChI=1S/C11H12N6/c1-7(9-5-15-16-6-9)17-11-10(13)8(4-12)2-3-14-11/h2-3,5-7H,13H2,1H3,(H,14,17)(H,15,16). The molecule has 6 nitrogen and oxygen atoms in total. The molecule has 0 aliphatic rings. The third kappa shape index (κ3) is 2.18. The zero-order chi connectivity index (χ0) is 12.3. The number of anilines is 2. The SMILES string of the molecule is CC(Nc1nccc(C#N)c1N)c1cn[nH]c1. The first-order chi connectivity index (χ1) is 8.22. The average Bonchev–Trinajstić information content (AvgIpc) is 2.85. The van der Waals surface area contributed by atoms with Crippen LogP contribution >= 0.6 is 0 Å². The predicted molar refractivity (Wildman–Crippen MR) is 64.0 cm³/mol. The van der Waals surface area contributed by atoms with E-state index in [0.29, 0.717) is 17.1 Å². The summed E-state index contributed by atoms with van der Waals surface area (Å²) in [5.74, 6) is 0.512. The van der Waals surface area contributed by atoms with E-state index < -0.39 is 0 Å². The van der Waals surface area contributed by atoms with Crippen LogP contribution in [0, 0.1) is 11.3 Å². The van der Waals surface area contributed by atoms with E-state index in [9.17, 15) is 0 Å². The van der Waals surface area contributed by atoms with E-state index in [2.05, 4.69) is 20.5 Å². The fraction of sp³-hybridized carbons (Fsp3) is 0.182. The van der Waals surface area contributed by atoms with Crippen LogP contribution in [0.2, 0.25) is 0 Å². The van der Waals surface area contributed by atoms with E-state index in [1.165, 1.54) is 0 Å². The molecular formula is C11H12N6. The number of nitriles is 1. The Bertz CT molecular complexity index is 540. The van der Waals surface area contributed by atoms with E-state index in [0.717, 1.165) is 5.56 Å². The van der Waals surface area contributed by atoms with Gasteiger partial charge in [-0.1, -0.05) is 0 Å². The van der Waals surface area contributed by atoms with Crippen molar-refractivity contribution < 1.29 is 0 Å². The maximum absolute atomic E-state index is 8.86. The Labute approximate surface area is 98.5 Å². The fourth-order valence-electron chi connectivity index (χ4n) is 1.47. The van der Waals surface area contributed by atoms with Gasteiger partial charge in [-0.3, -0.25) is 5.10 Å². The van der Waals surface area contributed by atoms with Crippen LogP contribution in [-0.4, -0.2) is 15.2 Å². The molecule has 0 radical (unpaired) electrons. The molecule has 1 unspecified atom stereocenters.